The fraction of sp³-hybridized carbons (Fsp3) is 0.875. The van der Waals surface area contributed by atoms with Gasteiger partial charge in [0.05, 0.1) is 6.16 Å². The molecule has 0 aliphatic carbocycles. The van der Waals surface area contributed by atoms with E-state index in [9.17, 15) is 9.36 Å². The minimum atomic E-state index is -2.66. The normalized spacial score (nSPS) is 12.8. The first-order valence-corrected chi connectivity index (χ1v) is 6.04. The van der Waals surface area contributed by atoms with E-state index in [1.807, 2.05) is 0 Å². The van der Waals surface area contributed by atoms with Gasteiger partial charge in [0.2, 0.25) is 0 Å². The van der Waals surface area contributed by atoms with Crippen LogP contribution in [-0.2, 0) is 14.1 Å². The van der Waals surface area contributed by atoms with Crippen LogP contribution in [0.25, 0.3) is 0 Å². The maximum absolute atomic E-state index is 10.8. The van der Waals surface area contributed by atoms with Crippen LogP contribution in [-0.4, -0.2) is 30.1 Å². The molecule has 1 atom stereocenters. The lowest BCUT2D eigenvalue weighted by molar-refractivity contribution is -0.121. The first-order valence-electron chi connectivity index (χ1n) is 4.48. The third-order valence-corrected chi connectivity index (χ3v) is 2.20. The Morgan fingerprint density at radius 1 is 1.46 bits per heavy atom. The number of unbranched alkanes of at least 4 members (excludes halogenated alkanes) is 2. The van der Waals surface area contributed by atoms with Crippen LogP contribution in [0.1, 0.15) is 26.2 Å². The van der Waals surface area contributed by atoms with Crippen molar-refractivity contribution in [1.29, 1.82) is 0 Å². The van der Waals surface area contributed by atoms with E-state index in [1.165, 1.54) is 0 Å². The van der Waals surface area contributed by atoms with Gasteiger partial charge in [-0.3, -0.25) is 9.36 Å². The van der Waals surface area contributed by atoms with Gasteiger partial charge in [-0.1, -0.05) is 19.8 Å². The highest BCUT2D eigenvalue weighted by molar-refractivity contribution is 7.39. The van der Waals surface area contributed by atoms with Crippen molar-refractivity contribution in [2.45, 2.75) is 26.2 Å². The van der Waals surface area contributed by atoms with Gasteiger partial charge in [0.25, 0.3) is 0 Å². The summed E-state index contributed by atoms with van der Waals surface area (Å²) in [6, 6.07) is 0. The van der Waals surface area contributed by atoms with Crippen LogP contribution in [0, 0.1) is 0 Å². The average molecular weight is 208 g/mol. The number of hydrogen-bond acceptors (Lipinski definition) is 3. The summed E-state index contributed by atoms with van der Waals surface area (Å²) in [4.78, 5) is 19.3. The Labute approximate surface area is 79.2 Å². The van der Waals surface area contributed by atoms with E-state index in [1.54, 1.807) is 0 Å². The van der Waals surface area contributed by atoms with Crippen LogP contribution in [0.4, 0.5) is 0 Å². The number of rotatable bonds is 8. The first-order chi connectivity index (χ1) is 6.16. The summed E-state index contributed by atoms with van der Waals surface area (Å²) in [5.41, 5.74) is 0. The van der Waals surface area contributed by atoms with Crippen molar-refractivity contribution in [2.24, 2.45) is 0 Å². The molecule has 1 unspecified atom stereocenters. The molecule has 0 radical (unpaired) electrons. The van der Waals surface area contributed by atoms with E-state index in [-0.39, 0.29) is 18.6 Å². The van der Waals surface area contributed by atoms with Crippen molar-refractivity contribution in [3.63, 3.8) is 0 Å². The van der Waals surface area contributed by atoms with Crippen molar-refractivity contribution in [2.75, 3.05) is 19.4 Å². The molecule has 0 aliphatic rings. The molecule has 0 bridgehead atoms. The molecule has 0 amide bonds. The molecule has 0 heterocycles. The van der Waals surface area contributed by atoms with Crippen LogP contribution in [0.5, 0.6) is 0 Å². The minimum Gasteiger partial charge on any atom is -0.374 e. The molecule has 4 nitrogen and oxygen atoms in total. The van der Waals surface area contributed by atoms with E-state index in [2.05, 4.69) is 6.92 Å². The van der Waals surface area contributed by atoms with Gasteiger partial charge in [-0.15, -0.1) is 0 Å². The molecule has 0 saturated heterocycles. The highest BCUT2D eigenvalue weighted by atomic mass is 31.1. The summed E-state index contributed by atoms with van der Waals surface area (Å²) < 4.78 is 15.3. The van der Waals surface area contributed by atoms with E-state index in [0.29, 0.717) is 6.61 Å². The summed E-state index contributed by atoms with van der Waals surface area (Å²) in [6.07, 6.45) is 2.89. The Bertz CT molecular complexity index is 170. The fourth-order valence-electron chi connectivity index (χ4n) is 0.860. The number of hydrogen-bond donors (Lipinski definition) is 1. The summed E-state index contributed by atoms with van der Waals surface area (Å²) in [6.45, 7) is 2.62. The lowest BCUT2D eigenvalue weighted by Gasteiger charge is -2.01. The van der Waals surface area contributed by atoms with Crippen LogP contribution in [0.2, 0.25) is 0 Å². The van der Waals surface area contributed by atoms with E-state index >= 15 is 0 Å². The van der Waals surface area contributed by atoms with Gasteiger partial charge in [-0.2, -0.15) is 0 Å². The highest BCUT2D eigenvalue weighted by Crippen LogP contribution is 2.11. The first kappa shape index (κ1) is 12.8. The largest absolute Gasteiger partial charge is 0.374 e. The van der Waals surface area contributed by atoms with Crippen LogP contribution < -0.4 is 0 Å². The number of carbonyl (C=O) groups excluding carboxylic acids is 1. The van der Waals surface area contributed by atoms with E-state index < -0.39 is 8.03 Å². The lowest BCUT2D eigenvalue weighted by Crippen LogP contribution is -2.11. The third kappa shape index (κ3) is 9.74. The monoisotopic (exact) mass is 208 g/mol. The van der Waals surface area contributed by atoms with Gasteiger partial charge < -0.3 is 9.63 Å². The van der Waals surface area contributed by atoms with Gasteiger partial charge in [-0.25, -0.2) is 0 Å². The zero-order chi connectivity index (χ0) is 10.1. The molecular weight excluding hydrogens is 191 g/mol. The zero-order valence-electron chi connectivity index (χ0n) is 7.91. The summed E-state index contributed by atoms with van der Waals surface area (Å²) in [5.74, 6) is -0.289. The Morgan fingerprint density at radius 3 is 2.69 bits per heavy atom. The second-order valence-corrected chi connectivity index (χ2v) is 4.01. The van der Waals surface area contributed by atoms with Crippen molar-refractivity contribution in [1.82, 2.24) is 0 Å². The van der Waals surface area contributed by atoms with Crippen molar-refractivity contribution in [3.05, 3.63) is 0 Å². The molecule has 0 aliphatic heterocycles. The molecule has 0 fully saturated rings. The molecule has 0 spiro atoms. The Hall–Kier alpha value is -0.180. The van der Waals surface area contributed by atoms with Crippen LogP contribution in [0.3, 0.4) is 0 Å². The molecule has 5 heteroatoms. The number of carbonyl (C=O) groups is 1. The predicted molar refractivity (Wildman–Crippen MR) is 51.4 cm³/mol. The number of Topliss-reactive ketones (excluding diaryl/α,β-unsaturated/α-hetero) is 1. The molecule has 0 aromatic carbocycles. The topological polar surface area (TPSA) is 63.6 Å². The molecule has 0 aromatic heterocycles. The van der Waals surface area contributed by atoms with Gasteiger partial charge in [0.15, 0.2) is 13.8 Å². The van der Waals surface area contributed by atoms with Gasteiger partial charge >= 0.3 is 0 Å². The zero-order valence-corrected chi connectivity index (χ0v) is 8.91. The lowest BCUT2D eigenvalue weighted by atomic mass is 10.3. The SMILES string of the molecule is CCCCCOCC(=O)C[PH](=O)O. The molecule has 13 heavy (non-hydrogen) atoms. The molecular formula is C8H17O4P. The maximum Gasteiger partial charge on any atom is 0.196 e. The highest BCUT2D eigenvalue weighted by Gasteiger charge is 2.04. The van der Waals surface area contributed by atoms with Crippen LogP contribution >= 0.6 is 8.03 Å². The average Bonchev–Trinajstić information content (AvgIpc) is 2.02. The summed E-state index contributed by atoms with van der Waals surface area (Å²) in [5, 5.41) is 0. The maximum atomic E-state index is 10.8. The fourth-order valence-corrected chi connectivity index (χ4v) is 1.30. The molecule has 0 aromatic rings. The van der Waals surface area contributed by atoms with Gasteiger partial charge in [0.1, 0.15) is 6.61 Å². The minimum absolute atomic E-state index is 0.0271. The standard InChI is InChI=1S/C8H17O4P/c1-2-3-4-5-12-6-8(9)7-13(10)11/h13H,2-7H2,1H3,(H,10,11). The Kier molecular flexibility index (Phi) is 8.30. The molecule has 0 rings (SSSR count). The predicted octanol–water partition coefficient (Wildman–Crippen LogP) is 1.23. The number of ether oxygens (including phenoxy) is 1. The van der Waals surface area contributed by atoms with Crippen molar-refractivity contribution in [3.8, 4) is 0 Å². The summed E-state index contributed by atoms with van der Waals surface area (Å²) >= 11 is 0. The second kappa shape index (κ2) is 8.42. The molecule has 78 valence electrons. The quantitative estimate of drug-likeness (QED) is 0.481. The molecule has 1 N–H and O–H groups in total. The molecule has 0 saturated carbocycles. The number of ketones is 1. The summed E-state index contributed by atoms with van der Waals surface area (Å²) in [7, 11) is -2.66. The van der Waals surface area contributed by atoms with Crippen molar-refractivity contribution >= 4 is 13.8 Å². The van der Waals surface area contributed by atoms with Gasteiger partial charge in [-0.05, 0) is 6.42 Å². The smallest absolute Gasteiger partial charge is 0.196 e. The van der Waals surface area contributed by atoms with E-state index in [4.69, 9.17) is 9.63 Å². The van der Waals surface area contributed by atoms with Gasteiger partial charge in [0, 0.05) is 6.61 Å². The van der Waals surface area contributed by atoms with Crippen molar-refractivity contribution < 1.29 is 19.0 Å². The van der Waals surface area contributed by atoms with E-state index in [0.717, 1.165) is 19.3 Å². The third-order valence-electron chi connectivity index (χ3n) is 1.50. The Morgan fingerprint density at radius 2 is 2.15 bits per heavy atom. The Balaban J connectivity index is 3.22. The second-order valence-electron chi connectivity index (χ2n) is 2.87. The van der Waals surface area contributed by atoms with Crippen LogP contribution in [0.15, 0.2) is 0 Å².